The summed E-state index contributed by atoms with van der Waals surface area (Å²) in [6.45, 7) is 1.48. The lowest BCUT2D eigenvalue weighted by molar-refractivity contribution is -0.494. The van der Waals surface area contributed by atoms with Gasteiger partial charge in [0.1, 0.15) is 17.6 Å². The maximum atomic E-state index is 11.8. The van der Waals surface area contributed by atoms with E-state index < -0.39 is 6.09 Å². The molecule has 2 heterocycles. The van der Waals surface area contributed by atoms with Gasteiger partial charge in [-0.05, 0) is 18.2 Å². The summed E-state index contributed by atoms with van der Waals surface area (Å²) in [4.78, 5) is 24.6. The molecular weight excluding hydrogens is 368 g/mol. The molecule has 7 nitrogen and oxygen atoms in total. The standard InChI is InChI=1S/C19H20N4O3.ClH/c1-13(24)20-17-9-6-10-18-22(4)16(12-23(17)18)14-7-5-8-15(11-14)26-19(25)21(2)3;/h5-12H,1-4H3;1H. The Hall–Kier alpha value is -3.06. The van der Waals surface area contributed by atoms with Gasteiger partial charge >= 0.3 is 6.09 Å². The van der Waals surface area contributed by atoms with Crippen LogP contribution < -0.4 is 26.9 Å². The zero-order chi connectivity index (χ0) is 18.8. The number of nitrogens with one attached hydrogen (secondary N) is 1. The molecule has 0 atom stereocenters. The second-order valence-corrected chi connectivity index (χ2v) is 6.18. The van der Waals surface area contributed by atoms with Gasteiger partial charge in [0.2, 0.25) is 11.5 Å². The normalized spacial score (nSPS) is 10.2. The maximum absolute atomic E-state index is 11.8. The van der Waals surface area contributed by atoms with Crippen molar-refractivity contribution in [2.45, 2.75) is 6.92 Å². The number of amides is 2. The van der Waals surface area contributed by atoms with Gasteiger partial charge in [0, 0.05) is 38.7 Å². The first-order valence-corrected chi connectivity index (χ1v) is 8.14. The molecule has 3 rings (SSSR count). The third-order valence-corrected chi connectivity index (χ3v) is 3.97. The molecule has 0 aliphatic carbocycles. The van der Waals surface area contributed by atoms with Crippen LogP contribution in [0.3, 0.4) is 0 Å². The van der Waals surface area contributed by atoms with Gasteiger partial charge in [0.25, 0.3) is 5.91 Å². The van der Waals surface area contributed by atoms with Crippen LogP contribution in [0.1, 0.15) is 6.92 Å². The SMILES string of the molecule is CC(=O)Nc1cccc2n(C)c(-c3cccc(OC(=O)N(C)C)c3)c[n+]12.[Cl-]. The Morgan fingerprint density at radius 1 is 1.15 bits per heavy atom. The summed E-state index contributed by atoms with van der Waals surface area (Å²) in [6, 6.07) is 13.0. The summed E-state index contributed by atoms with van der Waals surface area (Å²) in [7, 11) is 5.22. The fourth-order valence-electron chi connectivity index (χ4n) is 2.71. The molecule has 1 aromatic carbocycles. The van der Waals surface area contributed by atoms with E-state index in [0.717, 1.165) is 16.9 Å². The first-order valence-electron chi connectivity index (χ1n) is 8.14. The van der Waals surface area contributed by atoms with E-state index in [9.17, 15) is 9.59 Å². The van der Waals surface area contributed by atoms with Crippen molar-refractivity contribution in [1.29, 1.82) is 0 Å². The molecule has 0 spiro atoms. The van der Waals surface area contributed by atoms with E-state index in [1.807, 2.05) is 58.6 Å². The molecule has 8 heteroatoms. The van der Waals surface area contributed by atoms with E-state index in [1.165, 1.54) is 11.8 Å². The Balaban J connectivity index is 0.00000261. The third kappa shape index (κ3) is 4.20. The lowest BCUT2D eigenvalue weighted by Crippen LogP contribution is -3.00. The van der Waals surface area contributed by atoms with E-state index in [4.69, 9.17) is 4.74 Å². The number of hydrogen-bond donors (Lipinski definition) is 1. The zero-order valence-electron chi connectivity index (χ0n) is 15.6. The van der Waals surface area contributed by atoms with Crippen LogP contribution in [0.15, 0.2) is 48.7 Å². The summed E-state index contributed by atoms with van der Waals surface area (Å²) >= 11 is 0. The Morgan fingerprint density at radius 2 is 1.85 bits per heavy atom. The average Bonchev–Trinajstić information content (AvgIpc) is 2.93. The van der Waals surface area contributed by atoms with Crippen molar-refractivity contribution in [3.63, 3.8) is 0 Å². The van der Waals surface area contributed by atoms with Crippen LogP contribution in [0, 0.1) is 0 Å². The molecule has 27 heavy (non-hydrogen) atoms. The molecule has 0 radical (unpaired) electrons. The largest absolute Gasteiger partial charge is 1.00 e. The van der Waals surface area contributed by atoms with Crippen LogP contribution in [-0.4, -0.2) is 35.6 Å². The van der Waals surface area contributed by atoms with E-state index in [-0.39, 0.29) is 18.3 Å². The number of carbonyl (C=O) groups excluding carboxylic acids is 2. The molecule has 142 valence electrons. The molecule has 0 aliphatic rings. The number of pyridine rings is 1. The van der Waals surface area contributed by atoms with Crippen LogP contribution in [0.2, 0.25) is 0 Å². The van der Waals surface area contributed by atoms with Crippen LogP contribution in [0.5, 0.6) is 5.75 Å². The summed E-state index contributed by atoms with van der Waals surface area (Å²) in [5.41, 5.74) is 2.74. The van der Waals surface area contributed by atoms with E-state index >= 15 is 0 Å². The number of hydrogen-bond acceptors (Lipinski definition) is 3. The lowest BCUT2D eigenvalue weighted by atomic mass is 10.1. The molecule has 2 amide bonds. The number of nitrogens with zero attached hydrogens (tertiary/aromatic N) is 3. The van der Waals surface area contributed by atoms with Crippen molar-refractivity contribution in [2.24, 2.45) is 7.05 Å². The molecule has 0 saturated heterocycles. The monoisotopic (exact) mass is 388 g/mol. The Bertz CT molecular complexity index is 998. The van der Waals surface area contributed by atoms with Gasteiger partial charge in [-0.2, -0.15) is 0 Å². The van der Waals surface area contributed by atoms with Gasteiger partial charge in [-0.3, -0.25) is 9.36 Å². The Labute approximate surface area is 163 Å². The Kier molecular flexibility index (Phi) is 6.07. The molecule has 0 fully saturated rings. The zero-order valence-corrected chi connectivity index (χ0v) is 16.3. The highest BCUT2D eigenvalue weighted by Gasteiger charge is 2.18. The second kappa shape index (κ2) is 8.09. The quantitative estimate of drug-likeness (QED) is 0.612. The fourth-order valence-corrected chi connectivity index (χ4v) is 2.71. The first-order chi connectivity index (χ1) is 12.4. The molecule has 0 bridgehead atoms. The Morgan fingerprint density at radius 3 is 2.52 bits per heavy atom. The highest BCUT2D eigenvalue weighted by Crippen LogP contribution is 2.25. The maximum Gasteiger partial charge on any atom is 0.414 e. The van der Waals surface area contributed by atoms with Crippen molar-refractivity contribution in [2.75, 3.05) is 19.4 Å². The average molecular weight is 389 g/mol. The smallest absolute Gasteiger partial charge is 0.414 e. The summed E-state index contributed by atoms with van der Waals surface area (Å²) in [6.07, 6.45) is 1.51. The van der Waals surface area contributed by atoms with Crippen molar-refractivity contribution >= 4 is 23.5 Å². The number of fused-ring (bicyclic) bond motifs is 1. The third-order valence-electron chi connectivity index (χ3n) is 3.97. The van der Waals surface area contributed by atoms with Crippen molar-refractivity contribution in [3.05, 3.63) is 48.7 Å². The minimum Gasteiger partial charge on any atom is -1.00 e. The van der Waals surface area contributed by atoms with E-state index in [0.29, 0.717) is 11.6 Å². The number of aryl methyl sites for hydroxylation is 1. The first kappa shape index (κ1) is 20.3. The molecule has 0 aliphatic heterocycles. The molecule has 3 aromatic rings. The number of halogens is 1. The van der Waals surface area contributed by atoms with Crippen LogP contribution in [0.25, 0.3) is 16.9 Å². The fraction of sp³-hybridized carbons (Fsp3) is 0.211. The van der Waals surface area contributed by atoms with Gasteiger partial charge < -0.3 is 22.0 Å². The van der Waals surface area contributed by atoms with Crippen LogP contribution in [0.4, 0.5) is 10.6 Å². The van der Waals surface area contributed by atoms with Gasteiger partial charge in [0.05, 0.1) is 7.05 Å². The van der Waals surface area contributed by atoms with Gasteiger partial charge in [-0.25, -0.2) is 14.5 Å². The number of aromatic nitrogens is 2. The number of benzene rings is 1. The number of ether oxygens (including phenoxy) is 1. The van der Waals surface area contributed by atoms with Crippen molar-refractivity contribution < 1.29 is 31.1 Å². The molecular formula is C19H21ClN4O3. The predicted molar refractivity (Wildman–Crippen MR) is 98.0 cm³/mol. The summed E-state index contributed by atoms with van der Waals surface area (Å²) < 4.78 is 9.27. The van der Waals surface area contributed by atoms with Crippen molar-refractivity contribution in [1.82, 2.24) is 9.47 Å². The molecule has 0 unspecified atom stereocenters. The van der Waals surface area contributed by atoms with E-state index in [1.54, 1.807) is 20.2 Å². The lowest BCUT2D eigenvalue weighted by Gasteiger charge is -2.11. The number of imidazole rings is 1. The number of anilines is 1. The van der Waals surface area contributed by atoms with Crippen LogP contribution >= 0.6 is 0 Å². The molecule has 0 saturated carbocycles. The molecule has 2 aromatic heterocycles. The van der Waals surface area contributed by atoms with Crippen molar-refractivity contribution in [3.8, 4) is 17.0 Å². The summed E-state index contributed by atoms with van der Waals surface area (Å²) in [5.74, 6) is 1.03. The minimum absolute atomic E-state index is 0. The number of carbonyl (C=O) groups is 2. The summed E-state index contributed by atoms with van der Waals surface area (Å²) in [5, 5.41) is 2.83. The predicted octanol–water partition coefficient (Wildman–Crippen LogP) is -0.546. The number of rotatable bonds is 3. The highest BCUT2D eigenvalue weighted by atomic mass is 35.5. The van der Waals surface area contributed by atoms with Gasteiger partial charge in [0.15, 0.2) is 0 Å². The molecule has 1 N–H and O–H groups in total. The highest BCUT2D eigenvalue weighted by molar-refractivity contribution is 5.87. The van der Waals surface area contributed by atoms with Crippen LogP contribution in [-0.2, 0) is 11.8 Å². The van der Waals surface area contributed by atoms with E-state index in [2.05, 4.69) is 5.32 Å². The minimum atomic E-state index is -0.429. The van der Waals surface area contributed by atoms with Gasteiger partial charge in [-0.1, -0.05) is 12.1 Å². The topological polar surface area (TPSA) is 67.7 Å². The van der Waals surface area contributed by atoms with Gasteiger partial charge in [-0.15, -0.1) is 0 Å². The second-order valence-electron chi connectivity index (χ2n) is 6.18.